The third-order valence-electron chi connectivity index (χ3n) is 13.3. The van der Waals surface area contributed by atoms with Crippen molar-refractivity contribution in [1.82, 2.24) is 40.4 Å². The largest absolute Gasteiger partial charge is 0.483 e. The fourth-order valence-corrected chi connectivity index (χ4v) is 10.3. The number of alkyl carbamates (subject to hydrolysis) is 1. The smallest absolute Gasteiger partial charge is 0.407 e. The van der Waals surface area contributed by atoms with Crippen molar-refractivity contribution in [3.8, 4) is 33.6 Å². The zero-order valence-corrected chi connectivity index (χ0v) is 34.9. The molecule has 8 rings (SSSR count). The van der Waals surface area contributed by atoms with Gasteiger partial charge in [-0.1, -0.05) is 49.2 Å². The molecule has 2 aromatic heterocycles. The number of amides is 3. The molecule has 4 aromatic rings. The van der Waals surface area contributed by atoms with Gasteiger partial charge in [-0.15, -0.1) is 0 Å². The first-order chi connectivity index (χ1) is 28.6. The molecule has 2 saturated heterocycles. The summed E-state index contributed by atoms with van der Waals surface area (Å²) in [6.07, 6.45) is 15.8. The molecule has 4 atom stereocenters. The van der Waals surface area contributed by atoms with Crippen molar-refractivity contribution in [2.75, 3.05) is 27.3 Å². The van der Waals surface area contributed by atoms with Gasteiger partial charge in [0.2, 0.25) is 11.8 Å². The first-order valence-corrected chi connectivity index (χ1v) is 21.4. The third kappa shape index (κ3) is 7.83. The number of hydrogen-bond acceptors (Lipinski definition) is 8. The number of nitrogens with zero attached hydrogens (tertiary/aromatic N) is 4. The van der Waals surface area contributed by atoms with Crippen molar-refractivity contribution >= 4 is 17.9 Å². The molecule has 0 radical (unpaired) electrons. The Morgan fingerprint density at radius 1 is 0.729 bits per heavy atom. The lowest BCUT2D eigenvalue weighted by molar-refractivity contribution is -0.137. The van der Waals surface area contributed by atoms with Gasteiger partial charge in [0.1, 0.15) is 23.7 Å². The molecule has 1 saturated carbocycles. The quantitative estimate of drug-likeness (QED) is 0.112. The Hall–Kier alpha value is -5.59. The molecular formula is C46H58N8O5. The maximum Gasteiger partial charge on any atom is 0.407 e. The highest BCUT2D eigenvalue weighted by molar-refractivity contribution is 5.86. The second-order valence-electron chi connectivity index (χ2n) is 16.9. The molecule has 2 aliphatic carbocycles. The minimum atomic E-state index is -0.702. The van der Waals surface area contributed by atoms with Gasteiger partial charge in [0, 0.05) is 18.7 Å². The average Bonchev–Trinajstić information content (AvgIpc) is 4.12. The minimum absolute atomic E-state index is 0.00521. The van der Waals surface area contributed by atoms with E-state index in [2.05, 4.69) is 63.6 Å². The number of hydrogen-bond donors (Lipinski definition) is 4. The highest BCUT2D eigenvalue weighted by Crippen LogP contribution is 2.55. The van der Waals surface area contributed by atoms with Gasteiger partial charge in [-0.2, -0.15) is 0 Å². The van der Waals surface area contributed by atoms with E-state index >= 15 is 0 Å². The number of H-pyrrole nitrogens is 2. The van der Waals surface area contributed by atoms with Crippen molar-refractivity contribution in [2.24, 2.45) is 0 Å². The number of carbonyl (C=O) groups excluding carboxylic acids is 3. The summed E-state index contributed by atoms with van der Waals surface area (Å²) in [7, 11) is 2.84. The number of aromatic nitrogens is 4. The Morgan fingerprint density at radius 2 is 1.29 bits per heavy atom. The Morgan fingerprint density at radius 3 is 1.90 bits per heavy atom. The number of benzene rings is 2. The maximum atomic E-state index is 13.5. The molecule has 2 aromatic carbocycles. The molecule has 0 bridgehead atoms. The number of likely N-dealkylation sites (tertiary alicyclic amines) is 2. The van der Waals surface area contributed by atoms with Crippen molar-refractivity contribution in [1.29, 1.82) is 0 Å². The molecular weight excluding hydrogens is 745 g/mol. The zero-order valence-electron chi connectivity index (χ0n) is 34.9. The summed E-state index contributed by atoms with van der Waals surface area (Å²) in [6, 6.07) is 11.9. The van der Waals surface area contributed by atoms with Gasteiger partial charge in [-0.3, -0.25) is 9.59 Å². The summed E-state index contributed by atoms with van der Waals surface area (Å²) in [5.41, 5.74) is 9.69. The van der Waals surface area contributed by atoms with Crippen molar-refractivity contribution in [2.45, 2.75) is 120 Å². The van der Waals surface area contributed by atoms with E-state index < -0.39 is 18.2 Å². The summed E-state index contributed by atoms with van der Waals surface area (Å²) in [5.74, 6) is 1.83. The minimum Gasteiger partial charge on any atom is -0.483 e. The number of carbonyl (C=O) groups is 3. The number of methoxy groups -OCH3 is 2. The lowest BCUT2D eigenvalue weighted by Gasteiger charge is -2.36. The molecule has 4 aliphatic rings. The van der Waals surface area contributed by atoms with Crippen LogP contribution in [-0.2, 0) is 30.9 Å². The van der Waals surface area contributed by atoms with E-state index in [-0.39, 0.29) is 29.3 Å². The van der Waals surface area contributed by atoms with Crippen LogP contribution in [0.3, 0.4) is 0 Å². The number of fused-ring (bicyclic) bond motifs is 2. The van der Waals surface area contributed by atoms with Crippen LogP contribution >= 0.6 is 0 Å². The molecule has 3 amide bonds. The van der Waals surface area contributed by atoms with Crippen LogP contribution < -0.4 is 10.6 Å². The SMILES string of the molecule is C=C(N[C@@H](C)C(=O)N1CCCC[C@H]1c1ncc(-c2ccc(-c3ccc(-c4cnc([C@@H]5CCCCN5C(=O)[C@H](C)NC(=O)OC)[nH]4)c4c3C3(CCCC3)CC4)cc2)[nH]1)OC. The van der Waals surface area contributed by atoms with E-state index in [1.54, 1.807) is 6.92 Å². The van der Waals surface area contributed by atoms with E-state index in [0.717, 1.165) is 80.0 Å². The summed E-state index contributed by atoms with van der Waals surface area (Å²) in [5, 5.41) is 5.68. The van der Waals surface area contributed by atoms with Gasteiger partial charge in [0.25, 0.3) is 0 Å². The van der Waals surface area contributed by atoms with Gasteiger partial charge in [-0.05, 0) is 118 Å². The fraction of sp³-hybridized carbons (Fsp3) is 0.500. The van der Waals surface area contributed by atoms with Crippen molar-refractivity contribution < 1.29 is 23.9 Å². The third-order valence-corrected chi connectivity index (χ3v) is 13.3. The van der Waals surface area contributed by atoms with Crippen LogP contribution in [0, 0.1) is 0 Å². The molecule has 3 fully saturated rings. The topological polar surface area (TPSA) is 158 Å². The van der Waals surface area contributed by atoms with Crippen molar-refractivity contribution in [3.05, 3.63) is 84.0 Å². The predicted molar refractivity (Wildman–Crippen MR) is 226 cm³/mol. The summed E-state index contributed by atoms with van der Waals surface area (Å²) in [4.78, 5) is 59.6. The summed E-state index contributed by atoms with van der Waals surface area (Å²) in [6.45, 7) is 8.65. The Bertz CT molecular complexity index is 2190. The van der Waals surface area contributed by atoms with Gasteiger partial charge in [0.05, 0.1) is 50.1 Å². The van der Waals surface area contributed by atoms with Gasteiger partial charge in [0.15, 0.2) is 5.88 Å². The highest BCUT2D eigenvalue weighted by atomic mass is 16.5. The monoisotopic (exact) mass is 802 g/mol. The van der Waals surface area contributed by atoms with E-state index in [1.807, 2.05) is 29.1 Å². The van der Waals surface area contributed by atoms with Gasteiger partial charge < -0.3 is 39.9 Å². The van der Waals surface area contributed by atoms with Crippen LogP contribution in [0.1, 0.15) is 119 Å². The number of aromatic amines is 2. The second kappa shape index (κ2) is 16.9. The Balaban J connectivity index is 1.05. The van der Waals surface area contributed by atoms with E-state index in [0.29, 0.717) is 19.0 Å². The lowest BCUT2D eigenvalue weighted by Crippen LogP contribution is -2.49. The molecule has 2 aliphatic heterocycles. The van der Waals surface area contributed by atoms with E-state index in [1.165, 1.54) is 67.7 Å². The number of rotatable bonds is 11. The Labute approximate surface area is 346 Å². The molecule has 59 heavy (non-hydrogen) atoms. The van der Waals surface area contributed by atoms with Crippen LogP contribution in [-0.4, -0.2) is 87.0 Å². The van der Waals surface area contributed by atoms with Crippen LogP contribution in [0.5, 0.6) is 0 Å². The first kappa shape index (κ1) is 40.2. The molecule has 13 heteroatoms. The molecule has 1 spiro atoms. The van der Waals surface area contributed by atoms with E-state index in [9.17, 15) is 14.4 Å². The predicted octanol–water partition coefficient (Wildman–Crippen LogP) is 7.84. The zero-order chi connectivity index (χ0) is 41.3. The maximum absolute atomic E-state index is 13.5. The fourth-order valence-electron chi connectivity index (χ4n) is 10.3. The van der Waals surface area contributed by atoms with Crippen LogP contribution in [0.15, 0.2) is 61.3 Å². The van der Waals surface area contributed by atoms with Crippen LogP contribution in [0.25, 0.3) is 33.6 Å². The summed E-state index contributed by atoms with van der Waals surface area (Å²) < 4.78 is 9.89. The lowest BCUT2D eigenvalue weighted by atomic mass is 9.76. The standard InChI is InChI=1S/C46H58N8O5/c1-28(49-30(3)58-4)43(55)53-24-10-6-12-38(53)41-47-26-36(51-41)32-16-14-31(15-17-32)33-18-19-34(35-20-23-46(40(33)35)21-8-9-22-46)37-27-48-42(52-37)39-13-7-11-25-54(39)44(56)29(2)50-45(57)59-5/h14-19,26-29,38-39,49H,3,6-13,20-25H2,1-2,4-5H3,(H,47,51)(H,48,52)(H,50,57)/t28-,29-,38-,39-/m0/s1. The van der Waals surface area contributed by atoms with Crippen LogP contribution in [0.2, 0.25) is 0 Å². The van der Waals surface area contributed by atoms with E-state index in [4.69, 9.17) is 19.4 Å². The number of nitrogens with one attached hydrogen (secondary N) is 4. The average molecular weight is 803 g/mol. The number of piperidine rings is 2. The molecule has 0 unspecified atom stereocenters. The summed E-state index contributed by atoms with van der Waals surface area (Å²) >= 11 is 0. The van der Waals surface area contributed by atoms with Gasteiger partial charge >= 0.3 is 6.09 Å². The molecule has 312 valence electrons. The second-order valence-corrected chi connectivity index (χ2v) is 16.9. The molecule has 4 heterocycles. The Kier molecular flexibility index (Phi) is 11.5. The normalized spacial score (nSPS) is 20.8. The van der Waals surface area contributed by atoms with Gasteiger partial charge in [-0.25, -0.2) is 14.8 Å². The van der Waals surface area contributed by atoms with Crippen LogP contribution in [0.4, 0.5) is 4.79 Å². The number of imidazole rings is 2. The highest BCUT2D eigenvalue weighted by Gasteiger charge is 2.44. The molecule has 13 nitrogen and oxygen atoms in total. The first-order valence-electron chi connectivity index (χ1n) is 21.4. The number of ether oxygens (including phenoxy) is 2. The molecule has 4 N–H and O–H groups in total. The van der Waals surface area contributed by atoms with Crippen molar-refractivity contribution in [3.63, 3.8) is 0 Å².